The molecule has 0 atom stereocenters. The lowest BCUT2D eigenvalue weighted by Crippen LogP contribution is -2.28. The van der Waals surface area contributed by atoms with Gasteiger partial charge in [-0.15, -0.1) is 0 Å². The third-order valence-corrected chi connectivity index (χ3v) is 3.84. The maximum absolute atomic E-state index is 11.9. The van der Waals surface area contributed by atoms with Crippen molar-refractivity contribution >= 4 is 21.6 Å². The molecule has 1 aromatic carbocycles. The van der Waals surface area contributed by atoms with Crippen molar-refractivity contribution < 1.29 is 21.6 Å². The molecule has 0 aliphatic heterocycles. The van der Waals surface area contributed by atoms with E-state index in [4.69, 9.17) is 16.9 Å². The lowest BCUT2D eigenvalue weighted by Gasteiger charge is -2.09. The number of nitriles is 1. The Bertz CT molecular complexity index is 608. The van der Waals surface area contributed by atoms with Gasteiger partial charge in [-0.05, 0) is 18.2 Å². The normalized spacial score (nSPS) is 12.2. The van der Waals surface area contributed by atoms with E-state index in [0.717, 1.165) is 12.1 Å². The van der Waals surface area contributed by atoms with Gasteiger partial charge in [-0.2, -0.15) is 18.4 Å². The third-order valence-electron chi connectivity index (χ3n) is 2.07. The van der Waals surface area contributed by atoms with Crippen LogP contribution in [0.1, 0.15) is 12.0 Å². The summed E-state index contributed by atoms with van der Waals surface area (Å²) in [6, 6.07) is 5.03. The van der Waals surface area contributed by atoms with Gasteiger partial charge in [0.1, 0.15) is 6.07 Å². The second-order valence-corrected chi connectivity index (χ2v) is 5.69. The van der Waals surface area contributed by atoms with Crippen LogP contribution >= 0.6 is 11.6 Å². The molecule has 1 rings (SSSR count). The number of hydrogen-bond donors (Lipinski definition) is 1. The van der Waals surface area contributed by atoms with E-state index in [1.165, 1.54) is 6.07 Å². The Morgan fingerprint density at radius 3 is 2.47 bits per heavy atom. The first-order valence-corrected chi connectivity index (χ1v) is 6.78. The number of benzene rings is 1. The van der Waals surface area contributed by atoms with Crippen molar-refractivity contribution in [2.45, 2.75) is 17.5 Å². The minimum absolute atomic E-state index is 0.0795. The molecule has 0 unspecified atom stereocenters. The van der Waals surface area contributed by atoms with Crippen molar-refractivity contribution in [3.63, 3.8) is 0 Å². The molecule has 1 N–H and O–H groups in total. The fraction of sp³-hybridized carbons (Fsp3) is 0.300. The summed E-state index contributed by atoms with van der Waals surface area (Å²) in [6.45, 7) is -0.760. The second-order valence-electron chi connectivity index (χ2n) is 3.52. The molecular formula is C10H8ClF3N2O2S. The Hall–Kier alpha value is -1.30. The van der Waals surface area contributed by atoms with E-state index in [0.29, 0.717) is 0 Å². The van der Waals surface area contributed by atoms with Crippen LogP contribution in [0.2, 0.25) is 5.02 Å². The molecule has 0 amide bonds. The maximum Gasteiger partial charge on any atom is 0.390 e. The summed E-state index contributed by atoms with van der Waals surface area (Å²) < 4.78 is 60.8. The molecule has 0 fully saturated rings. The monoisotopic (exact) mass is 312 g/mol. The Labute approximate surface area is 112 Å². The molecule has 0 heterocycles. The number of alkyl halides is 3. The van der Waals surface area contributed by atoms with Crippen LogP contribution in [0.3, 0.4) is 0 Å². The summed E-state index contributed by atoms with van der Waals surface area (Å²) in [5, 5.41) is 8.54. The number of nitrogens with one attached hydrogen (secondary N) is 1. The summed E-state index contributed by atoms with van der Waals surface area (Å²) >= 11 is 5.65. The van der Waals surface area contributed by atoms with Crippen LogP contribution in [-0.2, 0) is 10.0 Å². The molecule has 0 aliphatic rings. The Kier molecular flexibility index (Phi) is 4.79. The van der Waals surface area contributed by atoms with Crippen molar-refractivity contribution in [1.29, 1.82) is 5.26 Å². The smallest absolute Gasteiger partial charge is 0.211 e. The number of nitrogens with zero attached hydrogens (tertiary/aromatic N) is 1. The molecule has 0 saturated heterocycles. The molecule has 104 valence electrons. The molecule has 0 saturated carbocycles. The summed E-state index contributed by atoms with van der Waals surface area (Å²) in [6.07, 6.45) is -5.71. The summed E-state index contributed by atoms with van der Waals surface area (Å²) in [5.41, 5.74) is 0.0795. The Morgan fingerprint density at radius 1 is 1.37 bits per heavy atom. The van der Waals surface area contributed by atoms with Crippen LogP contribution in [0.4, 0.5) is 13.2 Å². The molecule has 4 nitrogen and oxygen atoms in total. The molecule has 0 aliphatic carbocycles. The first-order valence-electron chi connectivity index (χ1n) is 4.92. The second kappa shape index (κ2) is 5.77. The van der Waals surface area contributed by atoms with E-state index in [9.17, 15) is 21.6 Å². The Morgan fingerprint density at radius 2 is 2.00 bits per heavy atom. The number of sulfonamides is 1. The largest absolute Gasteiger partial charge is 0.390 e. The van der Waals surface area contributed by atoms with Crippen LogP contribution in [0.15, 0.2) is 23.1 Å². The minimum atomic E-state index is -4.44. The van der Waals surface area contributed by atoms with E-state index in [1.807, 2.05) is 4.72 Å². The lowest BCUT2D eigenvalue weighted by atomic mass is 10.2. The van der Waals surface area contributed by atoms with Gasteiger partial charge in [0.25, 0.3) is 0 Å². The highest BCUT2D eigenvalue weighted by atomic mass is 35.5. The molecule has 0 bridgehead atoms. The van der Waals surface area contributed by atoms with E-state index < -0.39 is 29.2 Å². The van der Waals surface area contributed by atoms with E-state index in [1.54, 1.807) is 6.07 Å². The van der Waals surface area contributed by atoms with Crippen LogP contribution in [0.5, 0.6) is 0 Å². The highest BCUT2D eigenvalue weighted by Gasteiger charge is 2.27. The minimum Gasteiger partial charge on any atom is -0.211 e. The number of hydrogen-bond acceptors (Lipinski definition) is 3. The van der Waals surface area contributed by atoms with E-state index >= 15 is 0 Å². The van der Waals surface area contributed by atoms with E-state index in [-0.39, 0.29) is 15.5 Å². The van der Waals surface area contributed by atoms with Gasteiger partial charge in [0.05, 0.1) is 21.9 Å². The fourth-order valence-corrected chi connectivity index (χ4v) is 2.51. The quantitative estimate of drug-likeness (QED) is 0.928. The summed E-state index contributed by atoms with van der Waals surface area (Å²) in [5.74, 6) is 0. The topological polar surface area (TPSA) is 70.0 Å². The average Bonchev–Trinajstić information content (AvgIpc) is 2.26. The predicted octanol–water partition coefficient (Wildman–Crippen LogP) is 2.44. The van der Waals surface area contributed by atoms with E-state index in [2.05, 4.69) is 0 Å². The SMILES string of the molecule is N#Cc1ccc(S(=O)(=O)NCCC(F)(F)F)cc1Cl. The molecule has 19 heavy (non-hydrogen) atoms. The first-order chi connectivity index (χ1) is 8.65. The van der Waals surface area contributed by atoms with Crippen LogP contribution in [-0.4, -0.2) is 21.1 Å². The molecule has 0 aromatic heterocycles. The zero-order chi connectivity index (χ0) is 14.7. The van der Waals surface area contributed by atoms with Crippen molar-refractivity contribution in [1.82, 2.24) is 4.72 Å². The van der Waals surface area contributed by atoms with Gasteiger partial charge in [-0.3, -0.25) is 0 Å². The summed E-state index contributed by atoms with van der Waals surface area (Å²) in [4.78, 5) is -0.293. The average molecular weight is 313 g/mol. The molecule has 0 radical (unpaired) electrons. The van der Waals surface area contributed by atoms with Gasteiger partial charge >= 0.3 is 6.18 Å². The number of rotatable bonds is 4. The first kappa shape index (κ1) is 15.8. The van der Waals surface area contributed by atoms with Gasteiger partial charge < -0.3 is 0 Å². The van der Waals surface area contributed by atoms with Gasteiger partial charge in [0.2, 0.25) is 10.0 Å². The molecule has 1 aromatic rings. The van der Waals surface area contributed by atoms with Gasteiger partial charge in [0, 0.05) is 6.54 Å². The van der Waals surface area contributed by atoms with Gasteiger partial charge in [0.15, 0.2) is 0 Å². The predicted molar refractivity (Wildman–Crippen MR) is 62.0 cm³/mol. The van der Waals surface area contributed by atoms with Crippen molar-refractivity contribution in [3.05, 3.63) is 28.8 Å². The molecular weight excluding hydrogens is 305 g/mol. The lowest BCUT2D eigenvalue weighted by molar-refractivity contribution is -0.132. The molecule has 0 spiro atoms. The van der Waals surface area contributed by atoms with Gasteiger partial charge in [-0.1, -0.05) is 11.6 Å². The van der Waals surface area contributed by atoms with Crippen LogP contribution in [0, 0.1) is 11.3 Å². The zero-order valence-corrected chi connectivity index (χ0v) is 10.9. The Balaban J connectivity index is 2.84. The third kappa shape index (κ3) is 4.70. The highest BCUT2D eigenvalue weighted by Crippen LogP contribution is 2.21. The van der Waals surface area contributed by atoms with Crippen molar-refractivity contribution in [2.24, 2.45) is 0 Å². The van der Waals surface area contributed by atoms with Crippen molar-refractivity contribution in [3.8, 4) is 6.07 Å². The fourth-order valence-electron chi connectivity index (χ4n) is 1.16. The summed E-state index contributed by atoms with van der Waals surface area (Å²) in [7, 11) is -4.07. The van der Waals surface area contributed by atoms with Crippen molar-refractivity contribution in [2.75, 3.05) is 6.54 Å². The van der Waals surface area contributed by atoms with Gasteiger partial charge in [-0.25, -0.2) is 13.1 Å². The standard InChI is InChI=1S/C10H8ClF3N2O2S/c11-9-5-8(2-1-7(9)6-15)19(17,18)16-4-3-10(12,13)14/h1-2,5,16H,3-4H2. The highest BCUT2D eigenvalue weighted by molar-refractivity contribution is 7.89. The van der Waals surface area contributed by atoms with Crippen LogP contribution < -0.4 is 4.72 Å². The maximum atomic E-state index is 11.9. The molecule has 9 heteroatoms. The van der Waals surface area contributed by atoms with Crippen LogP contribution in [0.25, 0.3) is 0 Å². The zero-order valence-electron chi connectivity index (χ0n) is 9.33. The number of halogens is 4.